The van der Waals surface area contributed by atoms with Gasteiger partial charge < -0.3 is 4.74 Å². The third kappa shape index (κ3) is 4.24. The van der Waals surface area contributed by atoms with E-state index in [1.54, 1.807) is 36.4 Å². The number of ether oxygens (including phenoxy) is 1. The number of fused-ring (bicyclic) bond motifs is 1. The summed E-state index contributed by atoms with van der Waals surface area (Å²) in [5.74, 6) is 1.15. The number of benzene rings is 1. The first-order valence-corrected chi connectivity index (χ1v) is 11.8. The number of hydrogen-bond acceptors (Lipinski definition) is 7. The summed E-state index contributed by atoms with van der Waals surface area (Å²) in [6, 6.07) is 15.6. The highest BCUT2D eigenvalue weighted by Gasteiger charge is 2.41. The molecule has 0 atom stereocenters. The van der Waals surface area contributed by atoms with Gasteiger partial charge in [-0.25, -0.2) is 18.6 Å². The zero-order chi connectivity index (χ0) is 24.7. The average Bonchev–Trinajstić information content (AvgIpc) is 2.98. The number of anilines is 2. The van der Waals surface area contributed by atoms with Crippen LogP contribution in [0.2, 0.25) is 0 Å². The normalized spacial score (nSPS) is 14.3. The standard InChI is InChI=1S/C24H22N6O3S/c1-24(2,3)15-30-22-8-7-21(28-23(22)29(4)34(30,31)32)20-12-18(6-5-16(20)13-25)33-19-9-10-27-17(11-19)14-26/h5-12H,15H2,1-4H3. The highest BCUT2D eigenvalue weighted by molar-refractivity contribution is 7.94. The fraction of sp³-hybridized carbons (Fsp3) is 0.250. The summed E-state index contributed by atoms with van der Waals surface area (Å²) >= 11 is 0. The molecule has 34 heavy (non-hydrogen) atoms. The molecule has 0 spiro atoms. The molecule has 0 bridgehead atoms. The molecule has 0 radical (unpaired) electrons. The second-order valence-corrected chi connectivity index (χ2v) is 10.9. The van der Waals surface area contributed by atoms with Gasteiger partial charge in [0, 0.05) is 31.4 Å². The van der Waals surface area contributed by atoms with E-state index in [0.717, 1.165) is 4.31 Å². The summed E-state index contributed by atoms with van der Waals surface area (Å²) in [4.78, 5) is 8.53. The summed E-state index contributed by atoms with van der Waals surface area (Å²) in [6.07, 6.45) is 1.47. The number of hydrogen-bond donors (Lipinski definition) is 0. The minimum absolute atomic E-state index is 0.218. The predicted octanol–water partition coefficient (Wildman–Crippen LogP) is 4.23. The first-order valence-electron chi connectivity index (χ1n) is 10.4. The largest absolute Gasteiger partial charge is 0.457 e. The minimum Gasteiger partial charge on any atom is -0.457 e. The van der Waals surface area contributed by atoms with Gasteiger partial charge in [-0.15, -0.1) is 0 Å². The third-order valence-electron chi connectivity index (χ3n) is 5.13. The fourth-order valence-electron chi connectivity index (χ4n) is 3.56. The number of pyridine rings is 2. The van der Waals surface area contributed by atoms with E-state index in [1.165, 1.54) is 23.6 Å². The van der Waals surface area contributed by atoms with Crippen molar-refractivity contribution >= 4 is 21.7 Å². The lowest BCUT2D eigenvalue weighted by molar-refractivity contribution is 0.427. The Morgan fingerprint density at radius 3 is 2.44 bits per heavy atom. The number of nitriles is 2. The third-order valence-corrected chi connectivity index (χ3v) is 6.88. The van der Waals surface area contributed by atoms with Crippen molar-refractivity contribution in [2.45, 2.75) is 20.8 Å². The summed E-state index contributed by atoms with van der Waals surface area (Å²) in [5, 5.41) is 18.7. The van der Waals surface area contributed by atoms with Crippen molar-refractivity contribution in [2.24, 2.45) is 5.41 Å². The van der Waals surface area contributed by atoms with Crippen molar-refractivity contribution in [1.82, 2.24) is 9.97 Å². The Morgan fingerprint density at radius 2 is 1.76 bits per heavy atom. The van der Waals surface area contributed by atoms with Gasteiger partial charge in [-0.3, -0.25) is 0 Å². The van der Waals surface area contributed by atoms with Gasteiger partial charge in [-0.05, 0) is 41.8 Å². The van der Waals surface area contributed by atoms with Gasteiger partial charge in [-0.2, -0.15) is 18.9 Å². The van der Waals surface area contributed by atoms with Gasteiger partial charge in [0.05, 0.1) is 23.0 Å². The number of nitrogens with zero attached hydrogens (tertiary/aromatic N) is 6. The topological polar surface area (TPSA) is 123 Å². The molecule has 0 N–H and O–H groups in total. The molecule has 9 nitrogen and oxygen atoms in total. The second-order valence-electron chi connectivity index (χ2n) is 8.99. The monoisotopic (exact) mass is 474 g/mol. The molecule has 4 rings (SSSR count). The van der Waals surface area contributed by atoms with Gasteiger partial charge >= 0.3 is 10.2 Å². The van der Waals surface area contributed by atoms with Crippen LogP contribution in [0.5, 0.6) is 11.5 Å². The van der Waals surface area contributed by atoms with Crippen LogP contribution < -0.4 is 13.3 Å². The van der Waals surface area contributed by atoms with E-state index in [-0.39, 0.29) is 11.1 Å². The lowest BCUT2D eigenvalue weighted by atomic mass is 9.97. The maximum Gasteiger partial charge on any atom is 0.327 e. The quantitative estimate of drug-likeness (QED) is 0.554. The van der Waals surface area contributed by atoms with Gasteiger partial charge in [0.1, 0.15) is 23.3 Å². The van der Waals surface area contributed by atoms with Gasteiger partial charge in [0.15, 0.2) is 5.82 Å². The van der Waals surface area contributed by atoms with E-state index < -0.39 is 10.2 Å². The lowest BCUT2D eigenvalue weighted by Gasteiger charge is -2.27. The van der Waals surface area contributed by atoms with Crippen molar-refractivity contribution in [1.29, 1.82) is 10.5 Å². The molecule has 2 aromatic heterocycles. The Balaban J connectivity index is 1.76. The van der Waals surface area contributed by atoms with Crippen LogP contribution >= 0.6 is 0 Å². The molecule has 3 heterocycles. The lowest BCUT2D eigenvalue weighted by Crippen LogP contribution is -2.40. The Hall–Kier alpha value is -4.15. The average molecular weight is 475 g/mol. The fourth-order valence-corrected chi connectivity index (χ4v) is 5.15. The van der Waals surface area contributed by atoms with Crippen LogP contribution in [0.3, 0.4) is 0 Å². The molecule has 3 aromatic rings. The van der Waals surface area contributed by atoms with Gasteiger partial charge in [-0.1, -0.05) is 20.8 Å². The Kier molecular flexibility index (Phi) is 5.64. The molecule has 0 unspecified atom stereocenters. The second kappa shape index (κ2) is 8.32. The van der Waals surface area contributed by atoms with E-state index in [0.29, 0.717) is 46.4 Å². The van der Waals surface area contributed by atoms with E-state index in [4.69, 9.17) is 10.00 Å². The Labute approximate surface area is 198 Å². The molecule has 1 aliphatic rings. The van der Waals surface area contributed by atoms with Gasteiger partial charge in [0.25, 0.3) is 0 Å². The molecular formula is C24H22N6O3S. The predicted molar refractivity (Wildman–Crippen MR) is 128 cm³/mol. The molecular weight excluding hydrogens is 452 g/mol. The molecule has 10 heteroatoms. The molecule has 0 saturated carbocycles. The maximum atomic E-state index is 13.0. The summed E-state index contributed by atoms with van der Waals surface area (Å²) in [5.41, 5.74) is 1.75. The van der Waals surface area contributed by atoms with Crippen LogP contribution in [0.25, 0.3) is 11.3 Å². The Morgan fingerprint density at radius 1 is 1.03 bits per heavy atom. The van der Waals surface area contributed by atoms with Crippen LogP contribution in [-0.4, -0.2) is 32.0 Å². The van der Waals surface area contributed by atoms with Crippen LogP contribution in [0, 0.1) is 28.1 Å². The van der Waals surface area contributed by atoms with Crippen molar-refractivity contribution < 1.29 is 13.2 Å². The highest BCUT2D eigenvalue weighted by atomic mass is 32.2. The number of rotatable bonds is 4. The van der Waals surface area contributed by atoms with E-state index in [2.05, 4.69) is 16.0 Å². The zero-order valence-electron chi connectivity index (χ0n) is 19.1. The summed E-state index contributed by atoms with van der Waals surface area (Å²) in [6.45, 7) is 6.21. The SMILES string of the molecule is CN1c2nc(-c3cc(Oc4ccnc(C#N)c4)ccc3C#N)ccc2N(CC(C)(C)C)S1(=O)=O. The van der Waals surface area contributed by atoms with E-state index >= 15 is 0 Å². The summed E-state index contributed by atoms with van der Waals surface area (Å²) in [7, 11) is -2.28. The van der Waals surface area contributed by atoms with Crippen LogP contribution in [-0.2, 0) is 10.2 Å². The molecule has 0 amide bonds. The van der Waals surface area contributed by atoms with Crippen LogP contribution in [0.15, 0.2) is 48.7 Å². The van der Waals surface area contributed by atoms with E-state index in [1.807, 2.05) is 26.8 Å². The van der Waals surface area contributed by atoms with E-state index in [9.17, 15) is 13.7 Å². The highest BCUT2D eigenvalue weighted by Crippen LogP contribution is 2.42. The molecule has 0 aliphatic carbocycles. The van der Waals surface area contributed by atoms with Crippen molar-refractivity contribution in [3.63, 3.8) is 0 Å². The number of aromatic nitrogens is 2. The molecule has 0 fully saturated rings. The first kappa shape index (κ1) is 23.0. The van der Waals surface area contributed by atoms with Crippen molar-refractivity contribution in [2.75, 3.05) is 22.2 Å². The van der Waals surface area contributed by atoms with Crippen LogP contribution in [0.1, 0.15) is 32.0 Å². The molecule has 172 valence electrons. The summed E-state index contributed by atoms with van der Waals surface area (Å²) < 4.78 is 34.4. The zero-order valence-corrected chi connectivity index (χ0v) is 20.0. The Bertz CT molecular complexity index is 1470. The minimum atomic E-state index is -3.75. The van der Waals surface area contributed by atoms with Crippen molar-refractivity contribution in [3.05, 3.63) is 59.9 Å². The smallest absolute Gasteiger partial charge is 0.327 e. The first-order chi connectivity index (χ1) is 16.0. The molecule has 1 aliphatic heterocycles. The maximum absolute atomic E-state index is 13.0. The molecule has 1 aromatic carbocycles. The van der Waals surface area contributed by atoms with Crippen LogP contribution in [0.4, 0.5) is 11.5 Å². The molecule has 0 saturated heterocycles. The van der Waals surface area contributed by atoms with Crippen molar-refractivity contribution in [3.8, 4) is 34.9 Å². The van der Waals surface area contributed by atoms with Gasteiger partial charge in [0.2, 0.25) is 0 Å².